The Hall–Kier alpha value is -3.12. The molecule has 0 atom stereocenters. The highest BCUT2D eigenvalue weighted by molar-refractivity contribution is 5.74. The Morgan fingerprint density at radius 3 is 2.53 bits per heavy atom. The lowest BCUT2D eigenvalue weighted by molar-refractivity contribution is 0.215. The average molecular weight is 411 g/mol. The zero-order chi connectivity index (χ0) is 21.1. The zero-order valence-electron chi connectivity index (χ0n) is 17.0. The number of benzene rings is 3. The lowest BCUT2D eigenvalue weighted by Crippen LogP contribution is -2.25. The van der Waals surface area contributed by atoms with Crippen LogP contribution in [0.3, 0.4) is 0 Å². The van der Waals surface area contributed by atoms with Crippen molar-refractivity contribution in [2.45, 2.75) is 13.1 Å². The SMILES string of the molecule is COc1ccccc1-c1cc2c(c(OC)c1)OCCN(Cc1ccc(F)cc1F)C2. The number of fused-ring (bicyclic) bond motifs is 1. The largest absolute Gasteiger partial charge is 0.496 e. The van der Waals surface area contributed by atoms with Gasteiger partial charge in [-0.25, -0.2) is 8.78 Å². The van der Waals surface area contributed by atoms with Crippen LogP contribution in [0.5, 0.6) is 17.2 Å². The van der Waals surface area contributed by atoms with Crippen LogP contribution < -0.4 is 14.2 Å². The van der Waals surface area contributed by atoms with Crippen molar-refractivity contribution < 1.29 is 23.0 Å². The molecule has 156 valence electrons. The molecule has 0 aromatic heterocycles. The minimum Gasteiger partial charge on any atom is -0.496 e. The van der Waals surface area contributed by atoms with E-state index in [-0.39, 0.29) is 0 Å². The summed E-state index contributed by atoms with van der Waals surface area (Å²) < 4.78 is 44.5. The molecule has 0 bridgehead atoms. The Balaban J connectivity index is 1.69. The third kappa shape index (κ3) is 4.09. The van der Waals surface area contributed by atoms with Gasteiger partial charge in [-0.15, -0.1) is 0 Å². The van der Waals surface area contributed by atoms with E-state index in [1.54, 1.807) is 14.2 Å². The molecule has 1 aliphatic heterocycles. The van der Waals surface area contributed by atoms with E-state index < -0.39 is 11.6 Å². The van der Waals surface area contributed by atoms with Gasteiger partial charge >= 0.3 is 0 Å². The minimum absolute atomic E-state index is 0.357. The molecule has 0 amide bonds. The molecule has 0 saturated heterocycles. The maximum atomic E-state index is 14.2. The fraction of sp³-hybridized carbons (Fsp3) is 0.250. The second kappa shape index (κ2) is 8.71. The van der Waals surface area contributed by atoms with Crippen LogP contribution in [-0.2, 0) is 13.1 Å². The molecule has 6 heteroatoms. The molecular weight excluding hydrogens is 388 g/mol. The van der Waals surface area contributed by atoms with Gasteiger partial charge in [-0.3, -0.25) is 4.90 Å². The highest BCUT2D eigenvalue weighted by atomic mass is 19.1. The van der Waals surface area contributed by atoms with Gasteiger partial charge in [0.25, 0.3) is 0 Å². The molecule has 3 aromatic rings. The summed E-state index contributed by atoms with van der Waals surface area (Å²) in [4.78, 5) is 2.08. The van der Waals surface area contributed by atoms with Gasteiger partial charge in [0.1, 0.15) is 24.0 Å². The number of hydrogen-bond acceptors (Lipinski definition) is 4. The molecule has 0 radical (unpaired) electrons. The minimum atomic E-state index is -0.577. The first-order chi connectivity index (χ1) is 14.6. The summed E-state index contributed by atoms with van der Waals surface area (Å²) in [6, 6.07) is 15.5. The molecule has 4 rings (SSSR count). The molecule has 0 saturated carbocycles. The molecule has 3 aromatic carbocycles. The van der Waals surface area contributed by atoms with E-state index in [4.69, 9.17) is 14.2 Å². The molecule has 0 fully saturated rings. The van der Waals surface area contributed by atoms with E-state index in [2.05, 4.69) is 11.0 Å². The molecule has 0 unspecified atom stereocenters. The Morgan fingerprint density at radius 1 is 0.967 bits per heavy atom. The number of hydrogen-bond donors (Lipinski definition) is 0. The summed E-state index contributed by atoms with van der Waals surface area (Å²) in [5, 5.41) is 0. The lowest BCUT2D eigenvalue weighted by Gasteiger charge is -2.20. The molecule has 1 heterocycles. The maximum Gasteiger partial charge on any atom is 0.165 e. The normalized spacial score (nSPS) is 13.9. The summed E-state index contributed by atoms with van der Waals surface area (Å²) in [7, 11) is 3.25. The third-order valence-corrected chi connectivity index (χ3v) is 5.23. The number of ether oxygens (including phenoxy) is 3. The molecule has 4 nitrogen and oxygen atoms in total. The van der Waals surface area contributed by atoms with Crippen LogP contribution in [0, 0.1) is 11.6 Å². The Bertz CT molecular complexity index is 1050. The highest BCUT2D eigenvalue weighted by Gasteiger charge is 2.22. The standard InChI is InChI=1S/C24H23F2NO3/c1-28-22-6-4-3-5-20(22)17-11-18-15-27(9-10-30-24(18)23(12-17)29-2)14-16-7-8-19(25)13-21(16)26/h3-8,11-13H,9-10,14-15H2,1-2H3. The van der Waals surface area contributed by atoms with Gasteiger partial charge in [0.15, 0.2) is 11.5 Å². The van der Waals surface area contributed by atoms with Gasteiger partial charge in [0.05, 0.1) is 14.2 Å². The van der Waals surface area contributed by atoms with Gasteiger partial charge in [0, 0.05) is 42.4 Å². The van der Waals surface area contributed by atoms with E-state index >= 15 is 0 Å². The molecule has 30 heavy (non-hydrogen) atoms. The van der Waals surface area contributed by atoms with Crippen LogP contribution in [0.1, 0.15) is 11.1 Å². The van der Waals surface area contributed by atoms with Crippen molar-refractivity contribution in [3.8, 4) is 28.4 Å². The number of para-hydroxylation sites is 1. The number of halogens is 2. The summed E-state index contributed by atoms with van der Waals surface area (Å²) in [5.74, 6) is 0.980. The predicted octanol–water partition coefficient (Wildman–Crippen LogP) is 5.04. The van der Waals surface area contributed by atoms with Gasteiger partial charge in [-0.2, -0.15) is 0 Å². The van der Waals surface area contributed by atoms with Crippen LogP contribution in [-0.4, -0.2) is 32.3 Å². The van der Waals surface area contributed by atoms with Crippen molar-refractivity contribution in [2.24, 2.45) is 0 Å². The number of rotatable bonds is 5. The topological polar surface area (TPSA) is 30.9 Å². The summed E-state index contributed by atoms with van der Waals surface area (Å²) >= 11 is 0. The van der Waals surface area contributed by atoms with E-state index in [0.29, 0.717) is 43.3 Å². The summed E-state index contributed by atoms with van der Waals surface area (Å²) in [6.07, 6.45) is 0. The Labute approximate surface area is 174 Å². The van der Waals surface area contributed by atoms with Crippen LogP contribution in [0.2, 0.25) is 0 Å². The van der Waals surface area contributed by atoms with Crippen molar-refractivity contribution in [1.29, 1.82) is 0 Å². The van der Waals surface area contributed by atoms with Crippen LogP contribution in [0.25, 0.3) is 11.1 Å². The van der Waals surface area contributed by atoms with Crippen molar-refractivity contribution >= 4 is 0 Å². The lowest BCUT2D eigenvalue weighted by atomic mass is 10.0. The summed E-state index contributed by atoms with van der Waals surface area (Å²) in [5.41, 5.74) is 3.28. The molecule has 1 aliphatic rings. The van der Waals surface area contributed by atoms with Crippen LogP contribution in [0.4, 0.5) is 8.78 Å². The first-order valence-corrected chi connectivity index (χ1v) is 9.72. The Kier molecular flexibility index (Phi) is 5.86. The fourth-order valence-electron chi connectivity index (χ4n) is 3.75. The number of methoxy groups -OCH3 is 2. The maximum absolute atomic E-state index is 14.2. The van der Waals surface area contributed by atoms with Gasteiger partial charge in [-0.05, 0) is 29.8 Å². The zero-order valence-corrected chi connectivity index (χ0v) is 17.0. The first-order valence-electron chi connectivity index (χ1n) is 9.72. The highest BCUT2D eigenvalue weighted by Crippen LogP contribution is 2.40. The smallest absolute Gasteiger partial charge is 0.165 e. The van der Waals surface area contributed by atoms with Crippen molar-refractivity contribution in [1.82, 2.24) is 4.90 Å². The monoisotopic (exact) mass is 411 g/mol. The third-order valence-electron chi connectivity index (χ3n) is 5.23. The van der Waals surface area contributed by atoms with E-state index in [0.717, 1.165) is 28.5 Å². The fourth-order valence-corrected chi connectivity index (χ4v) is 3.75. The molecule has 0 N–H and O–H groups in total. The molecular formula is C24H23F2NO3. The summed E-state index contributed by atoms with van der Waals surface area (Å²) in [6.45, 7) is 1.96. The van der Waals surface area contributed by atoms with Gasteiger partial charge in [0.2, 0.25) is 0 Å². The van der Waals surface area contributed by atoms with E-state index in [9.17, 15) is 8.78 Å². The van der Waals surface area contributed by atoms with Crippen molar-refractivity contribution in [2.75, 3.05) is 27.4 Å². The second-order valence-corrected chi connectivity index (χ2v) is 7.16. The first kappa shape index (κ1) is 20.2. The molecule has 0 aliphatic carbocycles. The van der Waals surface area contributed by atoms with E-state index in [1.165, 1.54) is 12.1 Å². The van der Waals surface area contributed by atoms with E-state index in [1.807, 2.05) is 30.3 Å². The average Bonchev–Trinajstić information content (AvgIpc) is 2.96. The van der Waals surface area contributed by atoms with Crippen molar-refractivity contribution in [3.05, 3.63) is 77.4 Å². The molecule has 0 spiro atoms. The van der Waals surface area contributed by atoms with Crippen LogP contribution in [0.15, 0.2) is 54.6 Å². The quantitative estimate of drug-likeness (QED) is 0.588. The second-order valence-electron chi connectivity index (χ2n) is 7.16. The van der Waals surface area contributed by atoms with Crippen LogP contribution >= 0.6 is 0 Å². The number of nitrogens with zero attached hydrogens (tertiary/aromatic N) is 1. The predicted molar refractivity (Wildman–Crippen MR) is 111 cm³/mol. The van der Waals surface area contributed by atoms with Gasteiger partial charge < -0.3 is 14.2 Å². The van der Waals surface area contributed by atoms with Gasteiger partial charge in [-0.1, -0.05) is 24.3 Å². The Morgan fingerprint density at radius 2 is 1.77 bits per heavy atom. The van der Waals surface area contributed by atoms with Crippen molar-refractivity contribution in [3.63, 3.8) is 0 Å².